The van der Waals surface area contributed by atoms with E-state index >= 15 is 0 Å². The molecule has 0 spiro atoms. The third-order valence-corrected chi connectivity index (χ3v) is 3.42. The van der Waals surface area contributed by atoms with Gasteiger partial charge in [0.2, 0.25) is 0 Å². The fourth-order valence-corrected chi connectivity index (χ4v) is 2.04. The van der Waals surface area contributed by atoms with Gasteiger partial charge in [0.15, 0.2) is 5.78 Å². The standard InChI is InChI=1S/C16H11F3INO2/c17-16(18,19)23-14-7-5-13(6-8-14)21-10-9-15(22)11-1-3-12(20)4-2-11/h1-10,21H. The maximum Gasteiger partial charge on any atom is 0.573 e. The molecule has 0 aliphatic carbocycles. The fourth-order valence-electron chi connectivity index (χ4n) is 1.68. The van der Waals surface area contributed by atoms with E-state index in [1.165, 1.54) is 36.5 Å². The van der Waals surface area contributed by atoms with E-state index in [1.807, 2.05) is 12.1 Å². The third-order valence-electron chi connectivity index (χ3n) is 2.70. The molecule has 0 fully saturated rings. The number of carbonyl (C=O) groups is 1. The van der Waals surface area contributed by atoms with Crippen molar-refractivity contribution < 1.29 is 22.7 Å². The van der Waals surface area contributed by atoms with Crippen molar-refractivity contribution in [2.75, 3.05) is 5.32 Å². The molecule has 0 heterocycles. The lowest BCUT2D eigenvalue weighted by Crippen LogP contribution is -2.16. The fraction of sp³-hybridized carbons (Fsp3) is 0.0625. The van der Waals surface area contributed by atoms with Gasteiger partial charge in [-0.25, -0.2) is 0 Å². The average molecular weight is 433 g/mol. The molecule has 2 aromatic carbocycles. The smallest absolute Gasteiger partial charge is 0.406 e. The van der Waals surface area contributed by atoms with Gasteiger partial charge in [0.1, 0.15) is 5.75 Å². The van der Waals surface area contributed by atoms with Gasteiger partial charge in [-0.15, -0.1) is 13.2 Å². The normalized spacial score (nSPS) is 11.5. The maximum atomic E-state index is 12.0. The molecule has 0 atom stereocenters. The van der Waals surface area contributed by atoms with Crippen molar-refractivity contribution >= 4 is 34.1 Å². The number of alkyl halides is 3. The number of ketones is 1. The number of nitrogens with one attached hydrogen (secondary N) is 1. The number of allylic oxidation sites excluding steroid dienone is 1. The quantitative estimate of drug-likeness (QED) is 0.410. The van der Waals surface area contributed by atoms with E-state index in [-0.39, 0.29) is 11.5 Å². The van der Waals surface area contributed by atoms with Crippen LogP contribution in [0.4, 0.5) is 18.9 Å². The number of hydrogen-bond acceptors (Lipinski definition) is 3. The first-order valence-corrected chi connectivity index (χ1v) is 7.50. The van der Waals surface area contributed by atoms with E-state index in [0.717, 1.165) is 3.57 Å². The molecule has 0 saturated carbocycles. The summed E-state index contributed by atoms with van der Waals surface area (Å²) in [5.41, 5.74) is 1.09. The van der Waals surface area contributed by atoms with E-state index in [0.29, 0.717) is 11.3 Å². The summed E-state index contributed by atoms with van der Waals surface area (Å²) in [4.78, 5) is 11.9. The molecule has 1 N–H and O–H groups in total. The Bertz CT molecular complexity index is 695. The highest BCUT2D eigenvalue weighted by Gasteiger charge is 2.30. The van der Waals surface area contributed by atoms with Crippen LogP contribution in [0.3, 0.4) is 0 Å². The van der Waals surface area contributed by atoms with Crippen molar-refractivity contribution in [3.05, 3.63) is 69.9 Å². The SMILES string of the molecule is O=C(C=CNc1ccc(OC(F)(F)F)cc1)c1ccc(I)cc1. The van der Waals surface area contributed by atoms with Gasteiger partial charge in [-0.05, 0) is 59.0 Å². The lowest BCUT2D eigenvalue weighted by atomic mass is 10.1. The topological polar surface area (TPSA) is 38.3 Å². The molecule has 120 valence electrons. The Labute approximate surface area is 144 Å². The van der Waals surface area contributed by atoms with Crippen LogP contribution in [0.15, 0.2) is 60.8 Å². The minimum Gasteiger partial charge on any atom is -0.406 e. The highest BCUT2D eigenvalue weighted by atomic mass is 127. The molecule has 0 aromatic heterocycles. The minimum absolute atomic E-state index is 0.175. The molecule has 0 saturated heterocycles. The van der Waals surface area contributed by atoms with Gasteiger partial charge < -0.3 is 10.1 Å². The van der Waals surface area contributed by atoms with Crippen LogP contribution in [0, 0.1) is 3.57 Å². The highest BCUT2D eigenvalue weighted by molar-refractivity contribution is 14.1. The monoisotopic (exact) mass is 433 g/mol. The Morgan fingerprint density at radius 1 is 1.04 bits per heavy atom. The zero-order valence-corrected chi connectivity index (χ0v) is 13.8. The summed E-state index contributed by atoms with van der Waals surface area (Å²) in [5, 5.41) is 2.81. The van der Waals surface area contributed by atoms with Crippen molar-refractivity contribution in [1.29, 1.82) is 0 Å². The Hall–Kier alpha value is -2.03. The van der Waals surface area contributed by atoms with E-state index in [1.54, 1.807) is 12.1 Å². The zero-order chi connectivity index (χ0) is 16.9. The molecule has 3 nitrogen and oxygen atoms in total. The summed E-state index contributed by atoms with van der Waals surface area (Å²) in [6.45, 7) is 0. The first kappa shape index (κ1) is 17.3. The number of hydrogen-bond donors (Lipinski definition) is 1. The lowest BCUT2D eigenvalue weighted by Gasteiger charge is -2.09. The van der Waals surface area contributed by atoms with Crippen molar-refractivity contribution in [2.45, 2.75) is 6.36 Å². The zero-order valence-electron chi connectivity index (χ0n) is 11.6. The van der Waals surface area contributed by atoms with Crippen LogP contribution >= 0.6 is 22.6 Å². The van der Waals surface area contributed by atoms with Crippen molar-refractivity contribution in [3.8, 4) is 5.75 Å². The van der Waals surface area contributed by atoms with Gasteiger partial charge in [-0.2, -0.15) is 0 Å². The molecule has 2 aromatic rings. The Balaban J connectivity index is 1.92. The van der Waals surface area contributed by atoms with E-state index in [4.69, 9.17) is 0 Å². The number of anilines is 1. The second-order valence-electron chi connectivity index (χ2n) is 4.42. The predicted molar refractivity (Wildman–Crippen MR) is 89.4 cm³/mol. The van der Waals surface area contributed by atoms with E-state index < -0.39 is 6.36 Å². The molecule has 0 aliphatic rings. The van der Waals surface area contributed by atoms with E-state index in [2.05, 4.69) is 32.6 Å². The van der Waals surface area contributed by atoms with Crippen LogP contribution < -0.4 is 10.1 Å². The van der Waals surface area contributed by atoms with Crippen LogP contribution in [0.25, 0.3) is 0 Å². The second-order valence-corrected chi connectivity index (χ2v) is 5.67. The Morgan fingerprint density at radius 3 is 2.22 bits per heavy atom. The van der Waals surface area contributed by atoms with Crippen molar-refractivity contribution in [1.82, 2.24) is 0 Å². The summed E-state index contributed by atoms with van der Waals surface area (Å²) in [6, 6.07) is 12.3. The van der Waals surface area contributed by atoms with Crippen LogP contribution in [0.1, 0.15) is 10.4 Å². The van der Waals surface area contributed by atoms with Gasteiger partial charge in [-0.1, -0.05) is 12.1 Å². The predicted octanol–water partition coefficient (Wildman–Crippen LogP) is 5.00. The first-order valence-electron chi connectivity index (χ1n) is 6.42. The summed E-state index contributed by atoms with van der Waals surface area (Å²) in [7, 11) is 0. The molecule has 7 heteroatoms. The Kier molecular flexibility index (Phi) is 5.64. The largest absolute Gasteiger partial charge is 0.573 e. The molecule has 0 amide bonds. The minimum atomic E-state index is -4.71. The molecule has 23 heavy (non-hydrogen) atoms. The summed E-state index contributed by atoms with van der Waals surface area (Å²) >= 11 is 2.14. The molecule has 0 radical (unpaired) electrons. The molecular formula is C16H11F3INO2. The first-order chi connectivity index (χ1) is 10.8. The number of ether oxygens (including phenoxy) is 1. The van der Waals surface area contributed by atoms with Crippen LogP contribution in [0.5, 0.6) is 5.75 Å². The van der Waals surface area contributed by atoms with Gasteiger partial charge >= 0.3 is 6.36 Å². The van der Waals surface area contributed by atoms with Crippen molar-refractivity contribution in [3.63, 3.8) is 0 Å². The van der Waals surface area contributed by atoms with Crippen molar-refractivity contribution in [2.24, 2.45) is 0 Å². The number of carbonyl (C=O) groups excluding carboxylic acids is 1. The van der Waals surface area contributed by atoms with Gasteiger partial charge in [0, 0.05) is 27.1 Å². The third kappa shape index (κ3) is 5.93. The Morgan fingerprint density at radius 2 is 1.65 bits per heavy atom. The summed E-state index contributed by atoms with van der Waals surface area (Å²) < 4.78 is 40.9. The van der Waals surface area contributed by atoms with Gasteiger partial charge in [0.05, 0.1) is 0 Å². The van der Waals surface area contributed by atoms with Gasteiger partial charge in [-0.3, -0.25) is 4.79 Å². The lowest BCUT2D eigenvalue weighted by molar-refractivity contribution is -0.274. The molecule has 0 unspecified atom stereocenters. The molecule has 2 rings (SSSR count). The average Bonchev–Trinajstić information content (AvgIpc) is 2.48. The molecule has 0 bridgehead atoms. The van der Waals surface area contributed by atoms with Crippen LogP contribution in [0.2, 0.25) is 0 Å². The number of benzene rings is 2. The van der Waals surface area contributed by atoms with E-state index in [9.17, 15) is 18.0 Å². The van der Waals surface area contributed by atoms with Crippen LogP contribution in [-0.4, -0.2) is 12.1 Å². The number of halogens is 4. The summed E-state index contributed by atoms with van der Waals surface area (Å²) in [6.07, 6.45) is -1.93. The van der Waals surface area contributed by atoms with Gasteiger partial charge in [0.25, 0.3) is 0 Å². The summed E-state index contributed by atoms with van der Waals surface area (Å²) in [5.74, 6) is -0.479. The molecule has 0 aliphatic heterocycles. The second kappa shape index (κ2) is 7.49. The number of rotatable bonds is 5. The maximum absolute atomic E-state index is 12.0. The van der Waals surface area contributed by atoms with Crippen LogP contribution in [-0.2, 0) is 0 Å². The molecular weight excluding hydrogens is 422 g/mol. The highest BCUT2D eigenvalue weighted by Crippen LogP contribution is 2.23.